The first-order chi connectivity index (χ1) is 15.6. The van der Waals surface area contributed by atoms with Crippen LogP contribution >= 0.6 is 0 Å². The minimum absolute atomic E-state index is 0.0153. The average molecular weight is 438 g/mol. The molecule has 9 nitrogen and oxygen atoms in total. The molecule has 32 heavy (non-hydrogen) atoms. The molecule has 0 radical (unpaired) electrons. The van der Waals surface area contributed by atoms with Crippen molar-refractivity contribution in [3.05, 3.63) is 41.4 Å². The van der Waals surface area contributed by atoms with Crippen molar-refractivity contribution in [2.75, 3.05) is 23.4 Å². The first-order valence-corrected chi connectivity index (χ1v) is 10.8. The molecule has 164 valence electrons. The van der Waals surface area contributed by atoms with Crippen molar-refractivity contribution in [3.63, 3.8) is 0 Å². The van der Waals surface area contributed by atoms with Gasteiger partial charge in [-0.1, -0.05) is 0 Å². The average Bonchev–Trinajstić information content (AvgIpc) is 3.18. The van der Waals surface area contributed by atoms with Gasteiger partial charge in [0.2, 0.25) is 11.9 Å². The molecule has 11 heteroatoms. The number of nitrogens with one attached hydrogen (secondary N) is 2. The maximum absolute atomic E-state index is 14.0. The predicted octanol–water partition coefficient (Wildman–Crippen LogP) is 2.75. The number of hydrogen-bond donors (Lipinski definition) is 2. The Balaban J connectivity index is 1.25. The van der Waals surface area contributed by atoms with Crippen LogP contribution in [0, 0.1) is 11.6 Å². The summed E-state index contributed by atoms with van der Waals surface area (Å²) in [6.45, 7) is 1.72. The van der Waals surface area contributed by atoms with Gasteiger partial charge in [0.05, 0.1) is 37.0 Å². The van der Waals surface area contributed by atoms with Gasteiger partial charge in [0.15, 0.2) is 17.3 Å². The number of benzene rings is 1. The van der Waals surface area contributed by atoms with Crippen LogP contribution in [0.1, 0.15) is 36.6 Å². The second kappa shape index (κ2) is 6.58. The molecule has 1 saturated carbocycles. The summed E-state index contributed by atoms with van der Waals surface area (Å²) >= 11 is 0. The number of fused-ring (bicyclic) bond motifs is 4. The lowest BCUT2D eigenvalue weighted by atomic mass is 10.2. The topological polar surface area (TPSA) is 96.3 Å². The predicted molar refractivity (Wildman–Crippen MR) is 112 cm³/mol. The molecule has 1 aromatic carbocycles. The Labute approximate surface area is 180 Å². The van der Waals surface area contributed by atoms with Crippen LogP contribution in [0.15, 0.2) is 18.3 Å². The van der Waals surface area contributed by atoms with E-state index in [-0.39, 0.29) is 24.2 Å². The molecule has 0 unspecified atom stereocenters. The lowest BCUT2D eigenvalue weighted by Crippen LogP contribution is -2.38. The highest BCUT2D eigenvalue weighted by Gasteiger charge is 2.41. The summed E-state index contributed by atoms with van der Waals surface area (Å²) in [6, 6.07) is 2.85. The Morgan fingerprint density at radius 2 is 2.09 bits per heavy atom. The molecular weight excluding hydrogens is 418 g/mol. The van der Waals surface area contributed by atoms with Crippen LogP contribution in [0.25, 0.3) is 16.7 Å². The smallest absolute Gasteiger partial charge is 0.231 e. The van der Waals surface area contributed by atoms with Crippen molar-refractivity contribution >= 4 is 28.6 Å². The number of nitrogens with zero attached hydrogens (tertiary/aromatic N) is 6. The van der Waals surface area contributed by atoms with Gasteiger partial charge in [0.1, 0.15) is 11.3 Å². The van der Waals surface area contributed by atoms with Crippen LogP contribution in [0.2, 0.25) is 0 Å². The van der Waals surface area contributed by atoms with Gasteiger partial charge in [-0.15, -0.1) is 0 Å². The maximum Gasteiger partial charge on any atom is 0.231 e. The SMILES string of the molecule is Fc1ccc2[nH]c(CNc3nc(N4C[C@@H]5C[C@H]4CO5)nc4c(C5CC5)cnn34)nc2c1F. The third-order valence-corrected chi connectivity index (χ3v) is 6.57. The molecule has 0 amide bonds. The van der Waals surface area contributed by atoms with Gasteiger partial charge in [-0.2, -0.15) is 19.6 Å². The van der Waals surface area contributed by atoms with E-state index >= 15 is 0 Å². The third kappa shape index (κ3) is 2.77. The highest BCUT2D eigenvalue weighted by molar-refractivity contribution is 5.75. The van der Waals surface area contributed by atoms with E-state index in [0.29, 0.717) is 35.8 Å². The third-order valence-electron chi connectivity index (χ3n) is 6.57. The molecule has 4 aromatic rings. The van der Waals surface area contributed by atoms with Gasteiger partial charge in [0.25, 0.3) is 0 Å². The molecule has 5 heterocycles. The van der Waals surface area contributed by atoms with Crippen LogP contribution < -0.4 is 10.2 Å². The molecule has 0 spiro atoms. The molecule has 3 fully saturated rings. The van der Waals surface area contributed by atoms with E-state index in [1.54, 1.807) is 4.52 Å². The van der Waals surface area contributed by atoms with E-state index in [2.05, 4.69) is 25.3 Å². The second-order valence-electron chi connectivity index (χ2n) is 8.75. The lowest BCUT2D eigenvalue weighted by Gasteiger charge is -2.27. The zero-order chi connectivity index (χ0) is 21.4. The van der Waals surface area contributed by atoms with Crippen molar-refractivity contribution in [1.82, 2.24) is 29.5 Å². The van der Waals surface area contributed by atoms with E-state index in [4.69, 9.17) is 14.7 Å². The van der Waals surface area contributed by atoms with E-state index < -0.39 is 11.6 Å². The number of hydrogen-bond acceptors (Lipinski definition) is 7. The Bertz CT molecular complexity index is 1360. The zero-order valence-corrected chi connectivity index (χ0v) is 17.1. The molecule has 2 N–H and O–H groups in total. The fourth-order valence-corrected chi connectivity index (χ4v) is 4.77. The quantitative estimate of drug-likeness (QED) is 0.495. The summed E-state index contributed by atoms with van der Waals surface area (Å²) in [5, 5.41) is 7.78. The highest BCUT2D eigenvalue weighted by Crippen LogP contribution is 2.42. The van der Waals surface area contributed by atoms with E-state index in [1.165, 1.54) is 6.07 Å². The molecule has 1 aliphatic carbocycles. The summed E-state index contributed by atoms with van der Waals surface area (Å²) < 4.78 is 35.0. The summed E-state index contributed by atoms with van der Waals surface area (Å²) in [7, 11) is 0. The van der Waals surface area contributed by atoms with E-state index in [9.17, 15) is 8.78 Å². The molecule has 3 aromatic heterocycles. The number of aromatic amines is 1. The van der Waals surface area contributed by atoms with Crippen LogP contribution in [0.3, 0.4) is 0 Å². The molecular formula is C21H20F2N8O. The van der Waals surface area contributed by atoms with Gasteiger partial charge in [-0.25, -0.2) is 13.8 Å². The Morgan fingerprint density at radius 1 is 1.19 bits per heavy atom. The monoisotopic (exact) mass is 438 g/mol. The van der Waals surface area contributed by atoms with Crippen molar-refractivity contribution in [2.45, 2.75) is 43.9 Å². The number of imidazole rings is 1. The first-order valence-electron chi connectivity index (χ1n) is 10.8. The van der Waals surface area contributed by atoms with Crippen LogP contribution in [0.5, 0.6) is 0 Å². The number of H-pyrrole nitrogens is 1. The Hall–Kier alpha value is -3.34. The second-order valence-corrected chi connectivity index (χ2v) is 8.75. The number of rotatable bonds is 5. The summed E-state index contributed by atoms with van der Waals surface area (Å²) in [6.07, 6.45) is 5.39. The first kappa shape index (κ1) is 18.3. The van der Waals surface area contributed by atoms with Crippen LogP contribution in [0.4, 0.5) is 20.7 Å². The summed E-state index contributed by atoms with van der Waals surface area (Å²) in [5.41, 5.74) is 2.37. The fourth-order valence-electron chi connectivity index (χ4n) is 4.77. The largest absolute Gasteiger partial charge is 0.374 e. The van der Waals surface area contributed by atoms with Gasteiger partial charge >= 0.3 is 0 Å². The Kier molecular flexibility index (Phi) is 3.75. The van der Waals surface area contributed by atoms with Crippen molar-refractivity contribution in [3.8, 4) is 0 Å². The molecule has 2 aliphatic heterocycles. The molecule has 2 bridgehead atoms. The molecule has 2 atom stereocenters. The molecule has 3 aliphatic rings. The number of ether oxygens (including phenoxy) is 1. The molecule has 2 saturated heterocycles. The fraction of sp³-hybridized carbons (Fsp3) is 0.429. The minimum Gasteiger partial charge on any atom is -0.374 e. The van der Waals surface area contributed by atoms with Crippen molar-refractivity contribution < 1.29 is 13.5 Å². The minimum atomic E-state index is -0.954. The van der Waals surface area contributed by atoms with Crippen molar-refractivity contribution in [2.24, 2.45) is 0 Å². The highest BCUT2D eigenvalue weighted by atomic mass is 19.2. The number of aromatic nitrogens is 6. The van der Waals surface area contributed by atoms with E-state index in [1.807, 2.05) is 6.20 Å². The zero-order valence-electron chi connectivity index (χ0n) is 17.1. The standard InChI is InChI=1S/C21H20F2N8O/c22-14-3-4-15-18(17(14)23)27-16(26-15)7-24-20-29-21(30-8-12-5-11(30)9-32-12)28-19-13(10-1-2-10)6-25-31(19)20/h3-4,6,10-12H,1-2,5,7-9H2,(H,26,27)(H,24,28,29)/t11-,12-/m0/s1. The van der Waals surface area contributed by atoms with E-state index in [0.717, 1.165) is 43.1 Å². The van der Waals surface area contributed by atoms with Crippen molar-refractivity contribution in [1.29, 1.82) is 0 Å². The van der Waals surface area contributed by atoms with Gasteiger partial charge in [0, 0.05) is 12.1 Å². The van der Waals surface area contributed by atoms with Gasteiger partial charge in [-0.05, 0) is 37.3 Å². The number of morpholine rings is 1. The number of halogens is 2. The summed E-state index contributed by atoms with van der Waals surface area (Å²) in [5.74, 6) is 0.294. The van der Waals surface area contributed by atoms with Crippen LogP contribution in [-0.2, 0) is 11.3 Å². The molecule has 7 rings (SSSR count). The van der Waals surface area contributed by atoms with Gasteiger partial charge < -0.3 is 19.9 Å². The lowest BCUT2D eigenvalue weighted by molar-refractivity contribution is 0.0986. The normalized spacial score (nSPS) is 22.5. The van der Waals surface area contributed by atoms with Crippen LogP contribution in [-0.4, -0.2) is 54.8 Å². The van der Waals surface area contributed by atoms with Gasteiger partial charge in [-0.3, -0.25) is 0 Å². The summed E-state index contributed by atoms with van der Waals surface area (Å²) in [4.78, 5) is 19.1. The Morgan fingerprint density at radius 3 is 2.88 bits per heavy atom. The number of anilines is 2. The maximum atomic E-state index is 14.0.